The van der Waals surface area contributed by atoms with Gasteiger partial charge in [0.2, 0.25) is 0 Å². The third-order valence-electron chi connectivity index (χ3n) is 3.77. The third-order valence-corrected chi connectivity index (χ3v) is 3.77. The lowest BCUT2D eigenvalue weighted by atomic mass is 9.79. The molecule has 2 aliphatic heterocycles. The molecule has 6 nitrogen and oxygen atoms in total. The average Bonchev–Trinajstić information content (AvgIpc) is 2.69. The molecule has 0 aromatic carbocycles. The molecule has 0 radical (unpaired) electrons. The van der Waals surface area contributed by atoms with Crippen molar-refractivity contribution in [3.63, 3.8) is 0 Å². The van der Waals surface area contributed by atoms with Crippen molar-refractivity contribution in [1.29, 1.82) is 10.7 Å². The van der Waals surface area contributed by atoms with Gasteiger partial charge in [-0.15, -0.1) is 0 Å². The summed E-state index contributed by atoms with van der Waals surface area (Å²) in [4.78, 5) is 15.6. The number of carbonyl (C=O) groups excluding carboxylic acids is 1. The molecule has 1 amide bonds. The minimum atomic E-state index is -0.462. The molecule has 1 N–H and O–H groups in total. The minimum absolute atomic E-state index is 0.0959. The smallest absolute Gasteiger partial charge is 0.410 e. The average molecular weight is 278 g/mol. The summed E-state index contributed by atoms with van der Waals surface area (Å²) in [5.41, 5.74) is -0.366. The van der Waals surface area contributed by atoms with E-state index in [4.69, 9.17) is 15.4 Å². The second kappa shape index (κ2) is 4.97. The van der Waals surface area contributed by atoms with Crippen LogP contribution in [-0.4, -0.2) is 53.5 Å². The molecule has 1 spiro atoms. The minimum Gasteiger partial charge on any atom is -0.444 e. The Morgan fingerprint density at radius 2 is 1.95 bits per heavy atom. The summed E-state index contributed by atoms with van der Waals surface area (Å²) in [7, 11) is 0. The lowest BCUT2D eigenvalue weighted by Crippen LogP contribution is -2.60. The van der Waals surface area contributed by atoms with Crippen molar-refractivity contribution in [3.8, 4) is 6.07 Å². The van der Waals surface area contributed by atoms with Crippen LogP contribution in [0, 0.1) is 22.2 Å². The molecule has 0 unspecified atom stereocenters. The summed E-state index contributed by atoms with van der Waals surface area (Å²) in [5, 5.41) is 16.4. The summed E-state index contributed by atoms with van der Waals surface area (Å²) in [6, 6.07) is 2.01. The topological polar surface area (TPSA) is 80.4 Å². The van der Waals surface area contributed by atoms with E-state index in [0.29, 0.717) is 18.9 Å². The van der Waals surface area contributed by atoms with Crippen LogP contribution in [0.1, 0.15) is 33.6 Å². The Bertz CT molecular complexity index is 455. The van der Waals surface area contributed by atoms with E-state index in [1.165, 1.54) is 0 Å². The van der Waals surface area contributed by atoms with E-state index in [2.05, 4.69) is 0 Å². The van der Waals surface area contributed by atoms with Gasteiger partial charge in [0, 0.05) is 31.6 Å². The highest BCUT2D eigenvalue weighted by atomic mass is 16.6. The van der Waals surface area contributed by atoms with Crippen molar-refractivity contribution in [2.75, 3.05) is 26.2 Å². The van der Waals surface area contributed by atoms with Crippen LogP contribution in [0.5, 0.6) is 0 Å². The SMILES string of the molecule is CC(C)(C)OC(=O)N1CC2(CCN(C(=N)CC#N)C2)C1. The van der Waals surface area contributed by atoms with E-state index in [1.54, 1.807) is 4.90 Å². The van der Waals surface area contributed by atoms with Crippen LogP contribution < -0.4 is 0 Å². The molecule has 2 rings (SSSR count). The number of amides is 1. The summed E-state index contributed by atoms with van der Waals surface area (Å²) < 4.78 is 5.35. The molecule has 20 heavy (non-hydrogen) atoms. The fourth-order valence-corrected chi connectivity index (χ4v) is 2.83. The highest BCUT2D eigenvalue weighted by Crippen LogP contribution is 2.40. The Morgan fingerprint density at radius 1 is 1.35 bits per heavy atom. The van der Waals surface area contributed by atoms with Crippen molar-refractivity contribution >= 4 is 11.9 Å². The number of nitrogens with zero attached hydrogens (tertiary/aromatic N) is 3. The van der Waals surface area contributed by atoms with E-state index in [9.17, 15) is 4.79 Å². The molecule has 110 valence electrons. The van der Waals surface area contributed by atoms with Crippen LogP contribution in [0.3, 0.4) is 0 Å². The van der Waals surface area contributed by atoms with E-state index < -0.39 is 5.60 Å². The molecular formula is C14H22N4O2. The molecule has 6 heteroatoms. The number of carbonyl (C=O) groups is 1. The van der Waals surface area contributed by atoms with Crippen molar-refractivity contribution in [2.45, 2.75) is 39.2 Å². The van der Waals surface area contributed by atoms with Crippen molar-refractivity contribution in [1.82, 2.24) is 9.80 Å². The first kappa shape index (κ1) is 14.6. The number of hydrogen-bond donors (Lipinski definition) is 1. The Balaban J connectivity index is 1.83. The number of amidine groups is 1. The standard InChI is InChI=1S/C14H22N4O2/c1-13(2,3)20-12(19)18-9-14(10-18)5-7-17(8-14)11(16)4-6-15/h16H,4-5,7-10H2,1-3H3. The molecule has 0 aromatic heterocycles. The van der Waals surface area contributed by atoms with Gasteiger partial charge in [0.05, 0.1) is 12.5 Å². The summed E-state index contributed by atoms with van der Waals surface area (Å²) >= 11 is 0. The van der Waals surface area contributed by atoms with Crippen LogP contribution in [0.15, 0.2) is 0 Å². The zero-order chi connectivity index (χ0) is 15.0. The molecule has 0 bridgehead atoms. The van der Waals surface area contributed by atoms with Gasteiger partial charge in [0.15, 0.2) is 0 Å². The highest BCUT2D eigenvalue weighted by Gasteiger charge is 2.50. The number of nitrogens with one attached hydrogen (secondary N) is 1. The van der Waals surface area contributed by atoms with Gasteiger partial charge in [-0.2, -0.15) is 5.26 Å². The number of hydrogen-bond acceptors (Lipinski definition) is 4. The van der Waals surface area contributed by atoms with Gasteiger partial charge in [-0.3, -0.25) is 5.41 Å². The summed E-state index contributed by atoms with van der Waals surface area (Å²) in [5.74, 6) is 0.389. The van der Waals surface area contributed by atoms with Gasteiger partial charge >= 0.3 is 6.09 Å². The zero-order valence-electron chi connectivity index (χ0n) is 12.4. The molecule has 0 aliphatic carbocycles. The lowest BCUT2D eigenvalue weighted by Gasteiger charge is -2.47. The van der Waals surface area contributed by atoms with Gasteiger partial charge in [-0.1, -0.05) is 0 Å². The zero-order valence-corrected chi connectivity index (χ0v) is 12.4. The number of rotatable bonds is 1. The lowest BCUT2D eigenvalue weighted by molar-refractivity contribution is -0.0289. The second-order valence-electron chi connectivity index (χ2n) is 6.79. The fourth-order valence-electron chi connectivity index (χ4n) is 2.83. The Kier molecular flexibility index (Phi) is 3.63. The van der Waals surface area contributed by atoms with Gasteiger partial charge < -0.3 is 14.5 Å². The number of nitriles is 1. The maximum absolute atomic E-state index is 11.9. The Morgan fingerprint density at radius 3 is 2.50 bits per heavy atom. The first-order valence-corrected chi connectivity index (χ1v) is 6.92. The molecule has 2 aliphatic rings. The van der Waals surface area contributed by atoms with Crippen LogP contribution in [0.2, 0.25) is 0 Å². The number of likely N-dealkylation sites (tertiary alicyclic amines) is 2. The van der Waals surface area contributed by atoms with Crippen LogP contribution in [-0.2, 0) is 4.74 Å². The van der Waals surface area contributed by atoms with E-state index >= 15 is 0 Å². The van der Waals surface area contributed by atoms with Gasteiger partial charge in [0.1, 0.15) is 11.4 Å². The van der Waals surface area contributed by atoms with Crippen molar-refractivity contribution < 1.29 is 9.53 Å². The molecule has 2 saturated heterocycles. The predicted octanol–water partition coefficient (Wildman–Crippen LogP) is 1.82. The largest absolute Gasteiger partial charge is 0.444 e. The molecule has 0 saturated carbocycles. The normalized spacial score (nSPS) is 20.5. The Hall–Kier alpha value is -1.77. The van der Waals surface area contributed by atoms with Crippen LogP contribution >= 0.6 is 0 Å². The van der Waals surface area contributed by atoms with Crippen molar-refractivity contribution in [3.05, 3.63) is 0 Å². The maximum Gasteiger partial charge on any atom is 0.410 e. The Labute approximate surface area is 119 Å². The maximum atomic E-state index is 11.9. The molecule has 0 aromatic rings. The van der Waals surface area contributed by atoms with Gasteiger partial charge in [-0.25, -0.2) is 4.79 Å². The molecular weight excluding hydrogens is 256 g/mol. The van der Waals surface area contributed by atoms with Crippen molar-refractivity contribution in [2.24, 2.45) is 5.41 Å². The number of ether oxygens (including phenoxy) is 1. The van der Waals surface area contributed by atoms with E-state index in [0.717, 1.165) is 19.5 Å². The monoisotopic (exact) mass is 278 g/mol. The quantitative estimate of drug-likeness (QED) is 0.586. The van der Waals surface area contributed by atoms with Gasteiger partial charge in [0.25, 0.3) is 0 Å². The van der Waals surface area contributed by atoms with Gasteiger partial charge in [-0.05, 0) is 27.2 Å². The molecule has 2 fully saturated rings. The van der Waals surface area contributed by atoms with E-state index in [1.807, 2.05) is 31.7 Å². The third kappa shape index (κ3) is 3.03. The highest BCUT2D eigenvalue weighted by molar-refractivity contribution is 5.81. The van der Waals surface area contributed by atoms with Crippen LogP contribution in [0.25, 0.3) is 0 Å². The molecule has 2 heterocycles. The fraction of sp³-hybridized carbons (Fsp3) is 0.786. The predicted molar refractivity (Wildman–Crippen MR) is 74.4 cm³/mol. The van der Waals surface area contributed by atoms with E-state index in [-0.39, 0.29) is 17.9 Å². The first-order valence-electron chi connectivity index (χ1n) is 6.92. The van der Waals surface area contributed by atoms with Crippen LogP contribution in [0.4, 0.5) is 4.79 Å². The first-order chi connectivity index (χ1) is 9.25. The summed E-state index contributed by atoms with van der Waals surface area (Å²) in [6.07, 6.45) is 0.875. The second-order valence-corrected chi connectivity index (χ2v) is 6.79. The summed E-state index contributed by atoms with van der Waals surface area (Å²) in [6.45, 7) is 8.55. The molecule has 0 atom stereocenters.